The highest BCUT2D eigenvalue weighted by Gasteiger charge is 2.17. The van der Waals surface area contributed by atoms with Crippen molar-refractivity contribution in [3.8, 4) is 0 Å². The van der Waals surface area contributed by atoms with Crippen molar-refractivity contribution in [2.45, 2.75) is 27.2 Å². The first-order valence-corrected chi connectivity index (χ1v) is 3.68. The minimum Gasteiger partial charge on any atom is -0.481 e. The molecule has 0 fully saturated rings. The quantitative estimate of drug-likeness (QED) is 0.671. The van der Waals surface area contributed by atoms with Gasteiger partial charge in [0.15, 0.2) is 0 Å². The van der Waals surface area contributed by atoms with Crippen LogP contribution in [-0.4, -0.2) is 16.9 Å². The molecule has 0 amide bonds. The van der Waals surface area contributed by atoms with Gasteiger partial charge in [0.25, 0.3) is 0 Å². The maximum absolute atomic E-state index is 10.7. The van der Waals surface area contributed by atoms with E-state index in [1.54, 1.807) is 13.8 Å². The highest BCUT2D eigenvalue weighted by atomic mass is 16.4. The van der Waals surface area contributed by atoms with Crippen molar-refractivity contribution in [3.63, 3.8) is 0 Å². The Kier molecular flexibility index (Phi) is 3.79. The molecule has 0 aromatic rings. The Labute approximate surface area is 66.4 Å². The second-order valence-corrected chi connectivity index (χ2v) is 2.99. The molecule has 2 unspecified atom stereocenters. The Morgan fingerprint density at radius 2 is 1.73 bits per heavy atom. The molecule has 0 heterocycles. The average Bonchev–Trinajstić information content (AvgIpc) is 1.87. The molecule has 0 spiro atoms. The number of carbonyl (C=O) groups is 2. The normalized spacial score (nSPS) is 15.5. The summed E-state index contributed by atoms with van der Waals surface area (Å²) in [5.74, 6) is -1.34. The molecule has 0 bridgehead atoms. The van der Waals surface area contributed by atoms with Crippen LogP contribution in [0.1, 0.15) is 27.2 Å². The van der Waals surface area contributed by atoms with Crippen LogP contribution in [0.15, 0.2) is 0 Å². The van der Waals surface area contributed by atoms with Gasteiger partial charge in [0.1, 0.15) is 5.78 Å². The average molecular weight is 158 g/mol. The summed E-state index contributed by atoms with van der Waals surface area (Å²) in [6, 6.07) is 0. The first-order chi connectivity index (χ1) is 4.95. The lowest BCUT2D eigenvalue weighted by Gasteiger charge is -2.09. The number of aliphatic carboxylic acids is 1. The SMILES string of the molecule is CC(=O)C(C)CC(C)C(=O)O. The number of ketones is 1. The van der Waals surface area contributed by atoms with Crippen molar-refractivity contribution in [3.05, 3.63) is 0 Å². The fourth-order valence-corrected chi connectivity index (χ4v) is 0.797. The molecule has 0 radical (unpaired) electrons. The van der Waals surface area contributed by atoms with Crippen LogP contribution in [0.25, 0.3) is 0 Å². The molecular weight excluding hydrogens is 144 g/mol. The molecule has 64 valence electrons. The molecule has 0 aromatic heterocycles. The van der Waals surface area contributed by atoms with Crippen LogP contribution in [0, 0.1) is 11.8 Å². The monoisotopic (exact) mass is 158 g/mol. The zero-order valence-corrected chi connectivity index (χ0v) is 7.13. The van der Waals surface area contributed by atoms with Gasteiger partial charge in [-0.25, -0.2) is 0 Å². The van der Waals surface area contributed by atoms with Gasteiger partial charge >= 0.3 is 5.97 Å². The molecule has 2 atom stereocenters. The molecule has 0 rings (SSSR count). The van der Waals surface area contributed by atoms with Crippen molar-refractivity contribution in [1.82, 2.24) is 0 Å². The summed E-state index contributed by atoms with van der Waals surface area (Å²) in [5, 5.41) is 8.50. The summed E-state index contributed by atoms with van der Waals surface area (Å²) in [6.07, 6.45) is 0.435. The molecule has 1 N–H and O–H groups in total. The lowest BCUT2D eigenvalue weighted by Crippen LogP contribution is -2.17. The van der Waals surface area contributed by atoms with Gasteiger partial charge in [0, 0.05) is 5.92 Å². The number of hydrogen-bond acceptors (Lipinski definition) is 2. The van der Waals surface area contributed by atoms with Crippen LogP contribution in [0.2, 0.25) is 0 Å². The zero-order chi connectivity index (χ0) is 9.02. The fourth-order valence-electron chi connectivity index (χ4n) is 0.797. The van der Waals surface area contributed by atoms with Crippen LogP contribution in [0.4, 0.5) is 0 Å². The van der Waals surface area contributed by atoms with Gasteiger partial charge < -0.3 is 5.11 Å². The molecule has 3 heteroatoms. The van der Waals surface area contributed by atoms with E-state index in [1.807, 2.05) is 0 Å². The highest BCUT2D eigenvalue weighted by molar-refractivity contribution is 5.79. The van der Waals surface area contributed by atoms with Gasteiger partial charge in [-0.15, -0.1) is 0 Å². The maximum Gasteiger partial charge on any atom is 0.306 e. The first kappa shape index (κ1) is 10.1. The summed E-state index contributed by atoms with van der Waals surface area (Å²) < 4.78 is 0. The Bertz CT molecular complexity index is 145. The van der Waals surface area contributed by atoms with E-state index in [1.165, 1.54) is 6.92 Å². The predicted molar refractivity (Wildman–Crippen MR) is 41.3 cm³/mol. The molecule has 0 saturated carbocycles. The Morgan fingerprint density at radius 1 is 1.27 bits per heavy atom. The molecular formula is C8H14O3. The Morgan fingerprint density at radius 3 is 2.00 bits per heavy atom. The van der Waals surface area contributed by atoms with Gasteiger partial charge in [0.05, 0.1) is 5.92 Å². The van der Waals surface area contributed by atoms with Crippen LogP contribution >= 0.6 is 0 Å². The number of carbonyl (C=O) groups excluding carboxylic acids is 1. The number of Topliss-reactive ketones (excluding diaryl/α,β-unsaturated/α-hetero) is 1. The second-order valence-electron chi connectivity index (χ2n) is 2.99. The van der Waals surface area contributed by atoms with E-state index >= 15 is 0 Å². The van der Waals surface area contributed by atoms with Crippen LogP contribution < -0.4 is 0 Å². The van der Waals surface area contributed by atoms with Crippen molar-refractivity contribution in [2.24, 2.45) is 11.8 Å². The fraction of sp³-hybridized carbons (Fsp3) is 0.750. The van der Waals surface area contributed by atoms with Crippen molar-refractivity contribution >= 4 is 11.8 Å². The van der Waals surface area contributed by atoms with Crippen LogP contribution in [-0.2, 0) is 9.59 Å². The number of hydrogen-bond donors (Lipinski definition) is 1. The second kappa shape index (κ2) is 4.11. The molecule has 0 aliphatic rings. The molecule has 0 aliphatic carbocycles. The molecule has 0 saturated heterocycles. The van der Waals surface area contributed by atoms with Gasteiger partial charge in [-0.05, 0) is 13.3 Å². The van der Waals surface area contributed by atoms with E-state index in [9.17, 15) is 9.59 Å². The summed E-state index contributed by atoms with van der Waals surface area (Å²) in [6.45, 7) is 4.85. The van der Waals surface area contributed by atoms with Crippen molar-refractivity contribution in [1.29, 1.82) is 0 Å². The topological polar surface area (TPSA) is 54.4 Å². The third-order valence-corrected chi connectivity index (χ3v) is 1.82. The maximum atomic E-state index is 10.7. The van der Waals surface area contributed by atoms with Crippen molar-refractivity contribution < 1.29 is 14.7 Å². The summed E-state index contributed by atoms with van der Waals surface area (Å²) >= 11 is 0. The molecule has 0 aliphatic heterocycles. The first-order valence-electron chi connectivity index (χ1n) is 3.68. The van der Waals surface area contributed by atoms with Gasteiger partial charge in [-0.1, -0.05) is 13.8 Å². The summed E-state index contributed by atoms with van der Waals surface area (Å²) in [4.78, 5) is 21.1. The van der Waals surface area contributed by atoms with E-state index in [0.717, 1.165) is 0 Å². The molecule has 11 heavy (non-hydrogen) atoms. The summed E-state index contributed by atoms with van der Waals surface area (Å²) in [5.41, 5.74) is 0. The van der Waals surface area contributed by atoms with Crippen LogP contribution in [0.5, 0.6) is 0 Å². The Balaban J connectivity index is 3.84. The van der Waals surface area contributed by atoms with E-state index in [0.29, 0.717) is 6.42 Å². The third-order valence-electron chi connectivity index (χ3n) is 1.82. The lowest BCUT2D eigenvalue weighted by molar-refractivity contribution is -0.141. The Hall–Kier alpha value is -0.860. The predicted octanol–water partition coefficient (Wildman–Crippen LogP) is 1.32. The highest BCUT2D eigenvalue weighted by Crippen LogP contribution is 2.12. The molecule has 3 nitrogen and oxygen atoms in total. The summed E-state index contributed by atoms with van der Waals surface area (Å²) in [7, 11) is 0. The molecule has 0 aromatic carbocycles. The van der Waals surface area contributed by atoms with Gasteiger partial charge in [-0.3, -0.25) is 9.59 Å². The van der Waals surface area contributed by atoms with E-state index in [4.69, 9.17) is 5.11 Å². The van der Waals surface area contributed by atoms with Gasteiger partial charge in [0.2, 0.25) is 0 Å². The minimum atomic E-state index is -0.835. The van der Waals surface area contributed by atoms with Gasteiger partial charge in [-0.2, -0.15) is 0 Å². The lowest BCUT2D eigenvalue weighted by atomic mass is 9.95. The van der Waals surface area contributed by atoms with Crippen molar-refractivity contribution in [2.75, 3.05) is 0 Å². The van der Waals surface area contributed by atoms with Crippen LogP contribution in [0.3, 0.4) is 0 Å². The standard InChI is InChI=1S/C8H14O3/c1-5(7(3)9)4-6(2)8(10)11/h5-6H,4H2,1-3H3,(H,10,11). The largest absolute Gasteiger partial charge is 0.481 e. The minimum absolute atomic E-state index is 0.0538. The smallest absolute Gasteiger partial charge is 0.306 e. The third kappa shape index (κ3) is 3.75. The number of rotatable bonds is 4. The zero-order valence-electron chi connectivity index (χ0n) is 7.13. The van der Waals surface area contributed by atoms with E-state index in [-0.39, 0.29) is 11.7 Å². The number of carboxylic acid groups (broad SMARTS) is 1. The van der Waals surface area contributed by atoms with E-state index in [2.05, 4.69) is 0 Å². The van der Waals surface area contributed by atoms with E-state index < -0.39 is 11.9 Å². The number of carboxylic acids is 1.